The van der Waals surface area contributed by atoms with Crippen molar-refractivity contribution >= 4 is 17.2 Å². The average molecular weight is 728 g/mol. The van der Waals surface area contributed by atoms with Gasteiger partial charge >= 0.3 is 0 Å². The second kappa shape index (κ2) is 12.5. The van der Waals surface area contributed by atoms with Gasteiger partial charge in [0.25, 0.3) is 0 Å². The van der Waals surface area contributed by atoms with Crippen LogP contribution in [0, 0.1) is 6.07 Å². The zero-order valence-electron chi connectivity index (χ0n) is 23.4. The number of nitrogens with zero attached hydrogens (tertiary/aromatic N) is 3. The predicted octanol–water partition coefficient (Wildman–Crippen LogP) is 9.11. The molecule has 0 bridgehead atoms. The van der Waals surface area contributed by atoms with Crippen molar-refractivity contribution in [3.05, 3.63) is 157 Å². The van der Waals surface area contributed by atoms with Gasteiger partial charge in [0.1, 0.15) is 11.6 Å². The van der Waals surface area contributed by atoms with Gasteiger partial charge in [0, 0.05) is 49.5 Å². The van der Waals surface area contributed by atoms with Crippen LogP contribution in [0.25, 0.3) is 22.5 Å². The second-order valence-corrected chi connectivity index (χ2v) is 10.4. The summed E-state index contributed by atoms with van der Waals surface area (Å²) in [5.41, 5.74) is 6.87. The molecule has 5 heteroatoms. The number of hydrogen-bond donors (Lipinski definition) is 1. The topological polar surface area (TPSA) is 49.2 Å². The van der Waals surface area contributed by atoms with Crippen LogP contribution in [0.15, 0.2) is 140 Å². The molecule has 0 aliphatic heterocycles. The third-order valence-electron chi connectivity index (χ3n) is 7.41. The van der Waals surface area contributed by atoms with Crippen LogP contribution in [-0.4, -0.2) is 15.1 Å². The summed E-state index contributed by atoms with van der Waals surface area (Å²) in [4.78, 5) is 12.0. The molecular weight excluding hydrogens is 698 g/mol. The Balaban J connectivity index is 0.00000353. The smallest absolute Gasteiger partial charge is 0.140 e. The number of pyridine rings is 2. The van der Waals surface area contributed by atoms with Crippen molar-refractivity contribution in [3.63, 3.8) is 0 Å². The van der Waals surface area contributed by atoms with Crippen molar-refractivity contribution in [3.8, 4) is 28.3 Å². The number of anilines is 3. The summed E-state index contributed by atoms with van der Waals surface area (Å²) in [7, 11) is 0. The number of aromatic nitrogens is 2. The fourth-order valence-corrected chi connectivity index (χ4v) is 5.19. The van der Waals surface area contributed by atoms with Crippen LogP contribution in [-0.2, 0) is 26.5 Å². The van der Waals surface area contributed by atoms with Crippen molar-refractivity contribution < 1.29 is 26.2 Å². The van der Waals surface area contributed by atoms with E-state index in [1.807, 2.05) is 85.1 Å². The number of hydrogen-bond acceptors (Lipinski definition) is 4. The Labute approximate surface area is 261 Å². The fraction of sp³-hybridized carbons (Fsp3) is 0.0811. The molecule has 4 aromatic carbocycles. The molecule has 2 heterocycles. The zero-order valence-corrected chi connectivity index (χ0v) is 25.7. The monoisotopic (exact) mass is 727 g/mol. The van der Waals surface area contributed by atoms with E-state index in [9.17, 15) is 5.11 Å². The number of aromatic hydroxyl groups is 1. The Morgan fingerprint density at radius 1 is 0.667 bits per heavy atom. The summed E-state index contributed by atoms with van der Waals surface area (Å²) in [6.07, 6.45) is 1.84. The minimum atomic E-state index is -0.303. The molecule has 4 nitrogen and oxygen atoms in total. The number of phenolic OH excluding ortho intramolecular Hbond substituents is 1. The summed E-state index contributed by atoms with van der Waals surface area (Å²) >= 11 is 0. The molecule has 210 valence electrons. The van der Waals surface area contributed by atoms with E-state index in [-0.39, 0.29) is 32.2 Å². The quantitative estimate of drug-likeness (QED) is 0.167. The van der Waals surface area contributed by atoms with E-state index in [1.54, 1.807) is 6.07 Å². The van der Waals surface area contributed by atoms with Gasteiger partial charge in [-0.1, -0.05) is 92.7 Å². The molecule has 0 aliphatic rings. The van der Waals surface area contributed by atoms with Crippen molar-refractivity contribution in [2.75, 3.05) is 4.90 Å². The van der Waals surface area contributed by atoms with Gasteiger partial charge in [0.2, 0.25) is 0 Å². The first-order valence-corrected chi connectivity index (χ1v) is 13.7. The van der Waals surface area contributed by atoms with Crippen LogP contribution in [0.4, 0.5) is 17.2 Å². The Hall–Kier alpha value is -4.53. The fourth-order valence-electron chi connectivity index (χ4n) is 5.19. The van der Waals surface area contributed by atoms with E-state index in [4.69, 9.17) is 9.97 Å². The normalized spacial score (nSPS) is 11.0. The van der Waals surface area contributed by atoms with Gasteiger partial charge in [0.05, 0.1) is 5.69 Å². The molecule has 0 aliphatic carbocycles. The van der Waals surface area contributed by atoms with Crippen LogP contribution in [0.2, 0.25) is 0 Å². The molecule has 0 spiro atoms. The van der Waals surface area contributed by atoms with Crippen LogP contribution in [0.5, 0.6) is 5.75 Å². The minimum Gasteiger partial charge on any atom is -0.507 e. The summed E-state index contributed by atoms with van der Waals surface area (Å²) in [6, 6.07) is 47.8. The first kappa shape index (κ1) is 29.0. The van der Waals surface area contributed by atoms with Crippen molar-refractivity contribution in [2.45, 2.75) is 19.3 Å². The minimum absolute atomic E-state index is 0. The first-order valence-electron chi connectivity index (χ1n) is 13.7. The van der Waals surface area contributed by atoms with Gasteiger partial charge in [0.15, 0.2) is 0 Å². The van der Waals surface area contributed by atoms with Crippen LogP contribution < -0.4 is 4.90 Å². The van der Waals surface area contributed by atoms with Gasteiger partial charge in [-0.3, -0.25) is 4.98 Å². The predicted molar refractivity (Wildman–Crippen MR) is 167 cm³/mol. The standard InChI is InChI=1S/C37H30N3O.Pt/c1-37(2,28-15-5-3-6-16-28)32-21-13-25-38-36(32)40(29-17-7-4-8-18-29)30-19-11-14-27(26-30)33-22-12-23-34(39-33)31-20-9-10-24-35(31)41;/h3-25,41H,1-2H3;/q-1;. The summed E-state index contributed by atoms with van der Waals surface area (Å²) < 4.78 is 0. The molecule has 6 rings (SSSR count). The number of phenols is 1. The van der Waals surface area contributed by atoms with Gasteiger partial charge in [-0.15, -0.1) is 29.8 Å². The van der Waals surface area contributed by atoms with E-state index in [1.165, 1.54) is 5.56 Å². The van der Waals surface area contributed by atoms with Gasteiger partial charge < -0.3 is 10.0 Å². The maximum atomic E-state index is 10.4. The number of benzene rings is 4. The van der Waals surface area contributed by atoms with Gasteiger partial charge in [-0.2, -0.15) is 0 Å². The molecule has 2 aromatic heterocycles. The zero-order chi connectivity index (χ0) is 28.2. The maximum Gasteiger partial charge on any atom is 0.140 e. The van der Waals surface area contributed by atoms with Crippen LogP contribution >= 0.6 is 0 Å². The Bertz CT molecular complexity index is 1790. The first-order chi connectivity index (χ1) is 20.0. The van der Waals surface area contributed by atoms with Gasteiger partial charge in [-0.05, 0) is 53.3 Å². The Kier molecular flexibility index (Phi) is 8.66. The molecule has 0 atom stereocenters. The molecule has 42 heavy (non-hydrogen) atoms. The molecule has 1 N–H and O–H groups in total. The maximum absolute atomic E-state index is 10.4. The molecule has 0 amide bonds. The van der Waals surface area contributed by atoms with Crippen LogP contribution in [0.1, 0.15) is 25.0 Å². The van der Waals surface area contributed by atoms with E-state index < -0.39 is 0 Å². The summed E-state index contributed by atoms with van der Waals surface area (Å²) in [5.74, 6) is 1.05. The van der Waals surface area contributed by atoms with Crippen molar-refractivity contribution in [1.29, 1.82) is 0 Å². The second-order valence-electron chi connectivity index (χ2n) is 10.4. The summed E-state index contributed by atoms with van der Waals surface area (Å²) in [6.45, 7) is 4.47. The number of rotatable bonds is 7. The van der Waals surface area contributed by atoms with E-state index >= 15 is 0 Å². The SMILES string of the molecule is CC(C)(c1ccccc1)c1cccnc1N(c1[c-]c(-c2cccc(-c3ccccc3O)n2)ccc1)c1ccccc1.[Pt]. The van der Waals surface area contributed by atoms with Gasteiger partial charge in [-0.25, -0.2) is 4.98 Å². The Morgan fingerprint density at radius 2 is 1.33 bits per heavy atom. The van der Waals surface area contributed by atoms with Crippen molar-refractivity contribution in [1.82, 2.24) is 9.97 Å². The van der Waals surface area contributed by atoms with E-state index in [0.29, 0.717) is 11.3 Å². The molecule has 0 radical (unpaired) electrons. The Morgan fingerprint density at radius 3 is 2.10 bits per heavy atom. The molecule has 0 unspecified atom stereocenters. The molecule has 0 saturated carbocycles. The van der Waals surface area contributed by atoms with Crippen molar-refractivity contribution in [2.24, 2.45) is 0 Å². The largest absolute Gasteiger partial charge is 0.507 e. The molecule has 6 aromatic rings. The molecule has 0 fully saturated rings. The summed E-state index contributed by atoms with van der Waals surface area (Å²) in [5, 5.41) is 10.4. The molecular formula is C37H30N3OPt-. The third kappa shape index (κ3) is 5.77. The van der Waals surface area contributed by atoms with Crippen LogP contribution in [0.3, 0.4) is 0 Å². The van der Waals surface area contributed by atoms with E-state index in [0.717, 1.165) is 34.0 Å². The molecule has 0 saturated heterocycles. The number of para-hydroxylation sites is 2. The third-order valence-corrected chi connectivity index (χ3v) is 7.41. The van der Waals surface area contributed by atoms with E-state index in [2.05, 4.69) is 73.3 Å². The average Bonchev–Trinajstić information content (AvgIpc) is 3.03.